The maximum Gasteiger partial charge on any atom is 0.343 e. The van der Waals surface area contributed by atoms with Gasteiger partial charge in [0.2, 0.25) is 0 Å². The van der Waals surface area contributed by atoms with E-state index >= 15 is 0 Å². The molecule has 0 bridgehead atoms. The van der Waals surface area contributed by atoms with Crippen LogP contribution >= 0.6 is 11.6 Å². The van der Waals surface area contributed by atoms with Crippen LogP contribution in [-0.2, 0) is 38.6 Å². The maximum absolute atomic E-state index is 11.8. The Balaban J connectivity index is 2.15. The Bertz CT molecular complexity index is 1250. The fraction of sp³-hybridized carbons (Fsp3) is 0.333. The third-order valence-electron chi connectivity index (χ3n) is 5.35. The summed E-state index contributed by atoms with van der Waals surface area (Å²) in [4.78, 5) is 16.7. The van der Waals surface area contributed by atoms with Crippen LogP contribution in [0.2, 0.25) is 5.02 Å². The van der Waals surface area contributed by atoms with E-state index in [4.69, 9.17) is 21.3 Å². The van der Waals surface area contributed by atoms with Crippen molar-refractivity contribution in [3.63, 3.8) is 0 Å². The number of rotatable bonds is 8. The van der Waals surface area contributed by atoms with E-state index in [-0.39, 0.29) is 11.5 Å². The molecule has 0 aliphatic heterocycles. The Morgan fingerprint density at radius 1 is 1.03 bits per heavy atom. The zero-order valence-electron chi connectivity index (χ0n) is 18.6. The van der Waals surface area contributed by atoms with Gasteiger partial charge in [0.05, 0.1) is 22.5 Å². The summed E-state index contributed by atoms with van der Waals surface area (Å²) in [5.74, 6) is 0.0472. The lowest BCUT2D eigenvalue weighted by Crippen LogP contribution is -2.13. The largest absolute Gasteiger partial charge is 0.481 e. The number of aromatic nitrogens is 1. The SMILES string of the molecule is CCc1nc2c(Cl)ccc(OCC(=O)OC)c2c(CC)c1Cc1ccc(S(C)(=O)=O)cc1. The summed E-state index contributed by atoms with van der Waals surface area (Å²) in [5, 5.41) is 1.29. The van der Waals surface area contributed by atoms with Crippen LogP contribution in [0.3, 0.4) is 0 Å². The van der Waals surface area contributed by atoms with Gasteiger partial charge in [-0.1, -0.05) is 37.6 Å². The van der Waals surface area contributed by atoms with Crippen molar-refractivity contribution < 1.29 is 22.7 Å². The number of benzene rings is 2. The molecule has 0 saturated carbocycles. The topological polar surface area (TPSA) is 82.6 Å². The van der Waals surface area contributed by atoms with Gasteiger partial charge in [-0.3, -0.25) is 4.98 Å². The van der Waals surface area contributed by atoms with E-state index in [1.165, 1.54) is 13.4 Å². The summed E-state index contributed by atoms with van der Waals surface area (Å²) in [6.45, 7) is 3.87. The van der Waals surface area contributed by atoms with Gasteiger partial charge >= 0.3 is 5.97 Å². The van der Waals surface area contributed by atoms with E-state index in [2.05, 4.69) is 11.7 Å². The van der Waals surface area contributed by atoms with E-state index in [1.54, 1.807) is 24.3 Å². The molecule has 3 aromatic rings. The molecule has 0 amide bonds. The number of carbonyl (C=O) groups is 1. The van der Waals surface area contributed by atoms with E-state index in [9.17, 15) is 13.2 Å². The summed E-state index contributed by atoms with van der Waals surface area (Å²) in [6.07, 6.45) is 3.20. The van der Waals surface area contributed by atoms with Crippen LogP contribution in [0.15, 0.2) is 41.3 Å². The molecule has 0 aliphatic rings. The van der Waals surface area contributed by atoms with Gasteiger partial charge in [-0.2, -0.15) is 0 Å². The number of sulfone groups is 1. The molecule has 1 heterocycles. The predicted molar refractivity (Wildman–Crippen MR) is 125 cm³/mol. The van der Waals surface area contributed by atoms with Gasteiger partial charge < -0.3 is 9.47 Å². The van der Waals surface area contributed by atoms with Gasteiger partial charge in [0.1, 0.15) is 5.75 Å². The minimum Gasteiger partial charge on any atom is -0.481 e. The molecule has 0 radical (unpaired) electrons. The molecule has 0 spiro atoms. The molecule has 170 valence electrons. The van der Waals surface area contributed by atoms with E-state index in [0.29, 0.717) is 35.6 Å². The minimum absolute atomic E-state index is 0.214. The molecule has 8 heteroatoms. The number of esters is 1. The zero-order valence-corrected chi connectivity index (χ0v) is 20.1. The smallest absolute Gasteiger partial charge is 0.343 e. The van der Waals surface area contributed by atoms with Gasteiger partial charge in [-0.05, 0) is 60.2 Å². The minimum atomic E-state index is -3.25. The molecule has 0 fully saturated rings. The molecule has 0 aliphatic carbocycles. The third-order valence-corrected chi connectivity index (χ3v) is 6.78. The van der Waals surface area contributed by atoms with Crippen molar-refractivity contribution in [3.05, 3.63) is 63.8 Å². The normalized spacial score (nSPS) is 11.5. The first-order valence-corrected chi connectivity index (χ1v) is 12.6. The second kappa shape index (κ2) is 9.88. The van der Waals surface area contributed by atoms with Crippen molar-refractivity contribution in [2.45, 2.75) is 38.0 Å². The van der Waals surface area contributed by atoms with Crippen molar-refractivity contribution in [2.24, 2.45) is 0 Å². The summed E-state index contributed by atoms with van der Waals surface area (Å²) in [5.41, 5.74) is 4.63. The Labute approximate surface area is 193 Å². The lowest BCUT2D eigenvalue weighted by atomic mass is 9.92. The number of aryl methyl sites for hydroxylation is 2. The van der Waals surface area contributed by atoms with Crippen molar-refractivity contribution in [1.82, 2.24) is 4.98 Å². The van der Waals surface area contributed by atoms with Crippen LogP contribution in [0.1, 0.15) is 36.2 Å². The second-order valence-corrected chi connectivity index (χ2v) is 9.87. The van der Waals surface area contributed by atoms with Crippen molar-refractivity contribution in [1.29, 1.82) is 0 Å². The molecule has 6 nitrogen and oxygen atoms in total. The highest BCUT2D eigenvalue weighted by Crippen LogP contribution is 2.37. The van der Waals surface area contributed by atoms with Crippen LogP contribution in [0.25, 0.3) is 10.9 Å². The van der Waals surface area contributed by atoms with Crippen LogP contribution in [0.4, 0.5) is 0 Å². The maximum atomic E-state index is 11.8. The highest BCUT2D eigenvalue weighted by atomic mass is 35.5. The highest BCUT2D eigenvalue weighted by Gasteiger charge is 2.19. The number of halogens is 1. The fourth-order valence-corrected chi connectivity index (χ4v) is 4.57. The monoisotopic (exact) mass is 475 g/mol. The first-order valence-electron chi connectivity index (χ1n) is 10.3. The van der Waals surface area contributed by atoms with Gasteiger partial charge in [0.25, 0.3) is 0 Å². The summed E-state index contributed by atoms with van der Waals surface area (Å²) in [6, 6.07) is 10.4. The van der Waals surface area contributed by atoms with E-state index in [0.717, 1.165) is 27.8 Å². The molecule has 32 heavy (non-hydrogen) atoms. The number of nitrogens with zero attached hydrogens (tertiary/aromatic N) is 1. The van der Waals surface area contributed by atoms with Crippen molar-refractivity contribution in [2.75, 3.05) is 20.0 Å². The summed E-state index contributed by atoms with van der Waals surface area (Å²) >= 11 is 6.48. The Morgan fingerprint density at radius 2 is 1.72 bits per heavy atom. The van der Waals surface area contributed by atoms with Gasteiger partial charge in [-0.15, -0.1) is 0 Å². The van der Waals surface area contributed by atoms with Gasteiger partial charge in [-0.25, -0.2) is 13.2 Å². The Kier molecular flexibility index (Phi) is 7.41. The van der Waals surface area contributed by atoms with Crippen LogP contribution in [0.5, 0.6) is 5.75 Å². The standard InChI is InChI=1S/C24H26ClNO5S/c1-5-17-18(13-15-7-9-16(10-8-15)32(4,28)29)20(6-2)26-24-19(25)11-12-21(23(17)24)31-14-22(27)30-3/h7-12H,5-6,13-14H2,1-4H3. The third kappa shape index (κ3) is 5.05. The first kappa shape index (κ1) is 24.0. The fourth-order valence-electron chi connectivity index (χ4n) is 3.74. The average Bonchev–Trinajstić information content (AvgIpc) is 2.77. The molecule has 2 aromatic carbocycles. The molecule has 0 N–H and O–H groups in total. The predicted octanol–water partition coefficient (Wildman–Crippen LogP) is 4.56. The summed E-state index contributed by atoms with van der Waals surface area (Å²) < 4.78 is 34.0. The zero-order chi connectivity index (χ0) is 23.5. The number of fused-ring (bicyclic) bond motifs is 1. The molecule has 3 rings (SSSR count). The Hall–Kier alpha value is -2.64. The van der Waals surface area contributed by atoms with Gasteiger partial charge in [0, 0.05) is 17.3 Å². The van der Waals surface area contributed by atoms with Crippen molar-refractivity contribution >= 4 is 38.3 Å². The van der Waals surface area contributed by atoms with E-state index < -0.39 is 15.8 Å². The number of hydrogen-bond donors (Lipinski definition) is 0. The molecule has 1 aromatic heterocycles. The lowest BCUT2D eigenvalue weighted by molar-refractivity contribution is -0.142. The summed E-state index contributed by atoms with van der Waals surface area (Å²) in [7, 11) is -1.94. The highest BCUT2D eigenvalue weighted by molar-refractivity contribution is 7.90. The Morgan fingerprint density at radius 3 is 2.28 bits per heavy atom. The van der Waals surface area contributed by atoms with Crippen molar-refractivity contribution in [3.8, 4) is 5.75 Å². The first-order chi connectivity index (χ1) is 15.2. The lowest BCUT2D eigenvalue weighted by Gasteiger charge is -2.19. The molecule has 0 atom stereocenters. The second-order valence-electron chi connectivity index (χ2n) is 7.45. The number of pyridine rings is 1. The molecular weight excluding hydrogens is 450 g/mol. The molecular formula is C24H26ClNO5S. The van der Waals surface area contributed by atoms with E-state index in [1.807, 2.05) is 19.1 Å². The number of hydrogen-bond acceptors (Lipinski definition) is 6. The number of ether oxygens (including phenoxy) is 2. The van der Waals surface area contributed by atoms with Crippen LogP contribution < -0.4 is 4.74 Å². The van der Waals surface area contributed by atoms with Crippen LogP contribution in [-0.4, -0.2) is 39.3 Å². The molecule has 0 saturated heterocycles. The quantitative estimate of drug-likeness (QED) is 0.444. The number of carbonyl (C=O) groups excluding carboxylic acids is 1. The number of methoxy groups -OCH3 is 1. The average molecular weight is 476 g/mol. The molecule has 0 unspecified atom stereocenters. The van der Waals surface area contributed by atoms with Gasteiger partial charge in [0.15, 0.2) is 16.4 Å². The van der Waals surface area contributed by atoms with Crippen LogP contribution in [0, 0.1) is 0 Å².